The maximum atomic E-state index is 13.8. The molecule has 3 N–H and O–H groups in total. The highest BCUT2D eigenvalue weighted by atomic mass is 19.1. The van der Waals surface area contributed by atoms with E-state index in [2.05, 4.69) is 15.6 Å². The summed E-state index contributed by atoms with van der Waals surface area (Å²) in [4.78, 5) is 71.7. The van der Waals surface area contributed by atoms with Crippen LogP contribution >= 0.6 is 0 Å². The summed E-state index contributed by atoms with van der Waals surface area (Å²) < 4.78 is 14.6. The molecule has 0 unspecified atom stereocenters. The number of imide groups is 1. The van der Waals surface area contributed by atoms with Crippen molar-refractivity contribution in [3.63, 3.8) is 0 Å². The lowest BCUT2D eigenvalue weighted by atomic mass is 10.1. The van der Waals surface area contributed by atoms with Crippen LogP contribution in [0.4, 0.5) is 9.18 Å². The molecule has 0 radical (unpaired) electrons. The van der Waals surface area contributed by atoms with Gasteiger partial charge in [-0.05, 0) is 47.9 Å². The lowest BCUT2D eigenvalue weighted by Crippen LogP contribution is -2.40. The fourth-order valence-corrected chi connectivity index (χ4v) is 5.47. The molecule has 2 aromatic heterocycles. The third kappa shape index (κ3) is 5.23. The standard InChI is InChI=1S/C31H27FN6O6/c32-20-7-5-18(6-8-20)15-19-16-23-25(35-17-19)26(39)24(27(40)33-9-11-36-12-10-34-31(36)44)30(43)37(23)13-14-38-28(41)21-3-1-2-4-22(21)29(38)42/h1-8,16-17,39H,9-15H2,(H,33,40)(H,34,44). The summed E-state index contributed by atoms with van der Waals surface area (Å²) >= 11 is 0. The molecule has 2 aliphatic heterocycles. The van der Waals surface area contributed by atoms with Gasteiger partial charge in [0.1, 0.15) is 16.9 Å². The van der Waals surface area contributed by atoms with Crippen LogP contribution in [0.1, 0.15) is 42.2 Å². The van der Waals surface area contributed by atoms with Crippen molar-refractivity contribution in [2.24, 2.45) is 0 Å². The molecule has 12 nitrogen and oxygen atoms in total. The second kappa shape index (κ2) is 11.6. The molecule has 0 atom stereocenters. The van der Waals surface area contributed by atoms with Gasteiger partial charge in [0, 0.05) is 45.5 Å². The van der Waals surface area contributed by atoms with E-state index in [1.54, 1.807) is 42.5 Å². The first-order chi connectivity index (χ1) is 21.2. The Balaban J connectivity index is 1.34. The fourth-order valence-electron chi connectivity index (χ4n) is 5.47. The average molecular weight is 599 g/mol. The van der Waals surface area contributed by atoms with Crippen LogP contribution in [0.15, 0.2) is 65.6 Å². The van der Waals surface area contributed by atoms with Crippen molar-refractivity contribution < 1.29 is 28.7 Å². The Kier molecular flexibility index (Phi) is 7.51. The highest BCUT2D eigenvalue weighted by molar-refractivity contribution is 6.21. The van der Waals surface area contributed by atoms with E-state index in [4.69, 9.17) is 0 Å². The molecule has 44 heavy (non-hydrogen) atoms. The summed E-state index contributed by atoms with van der Waals surface area (Å²) in [6.07, 6.45) is 1.82. The van der Waals surface area contributed by atoms with E-state index in [-0.39, 0.29) is 60.2 Å². The second-order valence-corrected chi connectivity index (χ2v) is 10.5. The Bertz CT molecular complexity index is 1850. The summed E-state index contributed by atoms with van der Waals surface area (Å²) in [5.41, 5.74) is 0.699. The van der Waals surface area contributed by atoms with Gasteiger partial charge in [0.25, 0.3) is 23.3 Å². The van der Waals surface area contributed by atoms with Gasteiger partial charge in [-0.2, -0.15) is 0 Å². The molecule has 2 aromatic carbocycles. The summed E-state index contributed by atoms with van der Waals surface area (Å²) in [5, 5.41) is 16.3. The minimum atomic E-state index is -0.860. The summed E-state index contributed by atoms with van der Waals surface area (Å²) in [5.74, 6) is -2.86. The number of nitrogens with one attached hydrogen (secondary N) is 2. The van der Waals surface area contributed by atoms with Gasteiger partial charge in [-0.25, -0.2) is 9.18 Å². The predicted molar refractivity (Wildman–Crippen MR) is 156 cm³/mol. The summed E-state index contributed by atoms with van der Waals surface area (Å²) in [6, 6.07) is 13.7. The topological polar surface area (TPSA) is 154 Å². The quantitative estimate of drug-likeness (QED) is 0.249. The maximum absolute atomic E-state index is 13.8. The first-order valence-corrected chi connectivity index (χ1v) is 14.0. The van der Waals surface area contributed by atoms with Gasteiger partial charge >= 0.3 is 6.03 Å². The number of amides is 5. The number of nitrogens with zero attached hydrogens (tertiary/aromatic N) is 4. The van der Waals surface area contributed by atoms with Crippen LogP contribution in [0, 0.1) is 5.82 Å². The van der Waals surface area contributed by atoms with Crippen molar-refractivity contribution in [1.82, 2.24) is 30.0 Å². The van der Waals surface area contributed by atoms with Crippen LogP contribution in [0.25, 0.3) is 11.0 Å². The Hall–Kier alpha value is -5.59. The molecule has 0 spiro atoms. The van der Waals surface area contributed by atoms with E-state index in [0.29, 0.717) is 25.1 Å². The Labute approximate surface area is 249 Å². The molecule has 2 aliphatic rings. The number of carbonyl (C=O) groups excluding carboxylic acids is 4. The van der Waals surface area contributed by atoms with Crippen molar-refractivity contribution in [3.05, 3.63) is 105 Å². The number of fused-ring (bicyclic) bond motifs is 2. The number of benzene rings is 2. The molecule has 6 rings (SSSR count). The SMILES string of the molecule is O=C(NCCN1CCNC1=O)c1c(O)c2ncc(Cc3ccc(F)cc3)cc2n(CCN2C(=O)c3ccccc3C2=O)c1=O. The van der Waals surface area contributed by atoms with E-state index in [9.17, 15) is 33.5 Å². The summed E-state index contributed by atoms with van der Waals surface area (Å²) in [6.45, 7) is 0.832. The molecule has 0 aliphatic carbocycles. The monoisotopic (exact) mass is 598 g/mol. The van der Waals surface area contributed by atoms with Gasteiger partial charge in [0.05, 0.1) is 16.6 Å². The zero-order valence-electron chi connectivity index (χ0n) is 23.4. The molecule has 1 fully saturated rings. The smallest absolute Gasteiger partial charge is 0.317 e. The highest BCUT2D eigenvalue weighted by Gasteiger charge is 2.35. The average Bonchev–Trinajstić information content (AvgIpc) is 3.53. The number of carbonyl (C=O) groups is 4. The lowest BCUT2D eigenvalue weighted by molar-refractivity contribution is 0.0648. The van der Waals surface area contributed by atoms with Gasteiger partial charge < -0.3 is 25.2 Å². The molecule has 0 saturated carbocycles. The van der Waals surface area contributed by atoms with E-state index < -0.39 is 34.6 Å². The van der Waals surface area contributed by atoms with Crippen LogP contribution in [0.2, 0.25) is 0 Å². The van der Waals surface area contributed by atoms with Crippen molar-refractivity contribution in [1.29, 1.82) is 0 Å². The van der Waals surface area contributed by atoms with E-state index in [1.165, 1.54) is 27.8 Å². The van der Waals surface area contributed by atoms with Crippen LogP contribution < -0.4 is 16.2 Å². The second-order valence-electron chi connectivity index (χ2n) is 10.5. The molecular formula is C31H27FN6O6. The Morgan fingerprint density at radius 3 is 2.32 bits per heavy atom. The van der Waals surface area contributed by atoms with Crippen molar-refractivity contribution in [2.75, 3.05) is 32.7 Å². The minimum absolute atomic E-state index is 0.0288. The van der Waals surface area contributed by atoms with Gasteiger partial charge in [-0.1, -0.05) is 24.3 Å². The molecule has 4 heterocycles. The predicted octanol–water partition coefficient (Wildman–Crippen LogP) is 1.88. The third-order valence-corrected chi connectivity index (χ3v) is 7.72. The van der Waals surface area contributed by atoms with Crippen LogP contribution in [0.3, 0.4) is 0 Å². The number of urea groups is 1. The van der Waals surface area contributed by atoms with Crippen molar-refractivity contribution >= 4 is 34.8 Å². The number of aromatic hydroxyl groups is 1. The molecule has 13 heteroatoms. The van der Waals surface area contributed by atoms with Gasteiger partial charge in [0.15, 0.2) is 5.75 Å². The highest BCUT2D eigenvalue weighted by Crippen LogP contribution is 2.27. The number of halogens is 1. The zero-order chi connectivity index (χ0) is 31.0. The first kappa shape index (κ1) is 28.5. The number of hydrogen-bond acceptors (Lipinski definition) is 7. The molecule has 224 valence electrons. The van der Waals surface area contributed by atoms with Gasteiger partial charge in [0.2, 0.25) is 0 Å². The van der Waals surface area contributed by atoms with Crippen LogP contribution in [-0.2, 0) is 13.0 Å². The summed E-state index contributed by atoms with van der Waals surface area (Å²) in [7, 11) is 0. The number of hydrogen-bond donors (Lipinski definition) is 3. The van der Waals surface area contributed by atoms with Gasteiger partial charge in [-0.15, -0.1) is 0 Å². The van der Waals surface area contributed by atoms with Gasteiger partial charge in [-0.3, -0.25) is 29.1 Å². The minimum Gasteiger partial charge on any atom is -0.505 e. The lowest BCUT2D eigenvalue weighted by Gasteiger charge is -2.19. The zero-order valence-corrected chi connectivity index (χ0v) is 23.4. The van der Waals surface area contributed by atoms with Crippen LogP contribution in [0.5, 0.6) is 5.75 Å². The van der Waals surface area contributed by atoms with E-state index >= 15 is 0 Å². The van der Waals surface area contributed by atoms with Crippen LogP contribution in [-0.4, -0.2) is 80.9 Å². The number of rotatable bonds is 9. The first-order valence-electron chi connectivity index (χ1n) is 14.0. The van der Waals surface area contributed by atoms with E-state index in [0.717, 1.165) is 10.5 Å². The Morgan fingerprint density at radius 1 is 0.955 bits per heavy atom. The van der Waals surface area contributed by atoms with Crippen molar-refractivity contribution in [2.45, 2.75) is 13.0 Å². The fraction of sp³-hybridized carbons (Fsp3) is 0.226. The van der Waals surface area contributed by atoms with E-state index in [1.807, 2.05) is 0 Å². The molecule has 5 amide bonds. The number of pyridine rings is 2. The normalized spacial score (nSPS) is 14.3. The molecule has 0 bridgehead atoms. The third-order valence-electron chi connectivity index (χ3n) is 7.72. The molecular weight excluding hydrogens is 571 g/mol. The molecule has 4 aromatic rings. The largest absolute Gasteiger partial charge is 0.505 e. The maximum Gasteiger partial charge on any atom is 0.317 e. The molecule has 1 saturated heterocycles. The number of aromatic nitrogens is 2. The van der Waals surface area contributed by atoms with Crippen molar-refractivity contribution in [3.8, 4) is 5.75 Å². The Morgan fingerprint density at radius 2 is 1.66 bits per heavy atom.